The number of amides is 1. The highest BCUT2D eigenvalue weighted by atomic mass is 16.3. The summed E-state index contributed by atoms with van der Waals surface area (Å²) in [5.74, 6) is -0.326. The average molecular weight is 774 g/mol. The molecule has 0 aliphatic carbocycles. The van der Waals surface area contributed by atoms with Crippen LogP contribution < -0.4 is 5.32 Å². The molecule has 0 heterocycles. The zero-order valence-corrected chi connectivity index (χ0v) is 36.8. The highest BCUT2D eigenvalue weighted by Gasteiger charge is 2.20. The molecular weight excluding hydrogens is 679 g/mol. The van der Waals surface area contributed by atoms with E-state index in [1.54, 1.807) is 6.08 Å². The molecule has 0 spiro atoms. The lowest BCUT2D eigenvalue weighted by Gasteiger charge is -2.21. The quantitative estimate of drug-likeness (QED) is 0.0367. The molecule has 0 aromatic rings. The number of allylic oxidation sites excluding steroid dienone is 5. The van der Waals surface area contributed by atoms with E-state index in [-0.39, 0.29) is 18.9 Å². The van der Waals surface area contributed by atoms with Crippen LogP contribution in [-0.2, 0) is 4.79 Å². The Morgan fingerprint density at radius 2 is 0.782 bits per heavy atom. The van der Waals surface area contributed by atoms with Crippen molar-refractivity contribution < 1.29 is 20.1 Å². The minimum atomic E-state index is -0.958. The summed E-state index contributed by atoms with van der Waals surface area (Å²) >= 11 is 0. The van der Waals surface area contributed by atoms with Gasteiger partial charge in [-0.2, -0.15) is 0 Å². The van der Waals surface area contributed by atoms with Gasteiger partial charge < -0.3 is 20.6 Å². The van der Waals surface area contributed by atoms with Gasteiger partial charge in [0.25, 0.3) is 0 Å². The zero-order chi connectivity index (χ0) is 40.1. The number of rotatable bonds is 44. The molecule has 0 aromatic carbocycles. The van der Waals surface area contributed by atoms with Crippen molar-refractivity contribution in [1.29, 1.82) is 0 Å². The lowest BCUT2D eigenvalue weighted by atomic mass is 10.0. The molecule has 0 aliphatic heterocycles. The lowest BCUT2D eigenvalue weighted by molar-refractivity contribution is -0.124. The molecule has 5 nitrogen and oxygen atoms in total. The Labute approximate surface area is 343 Å². The van der Waals surface area contributed by atoms with Gasteiger partial charge in [-0.15, -0.1) is 0 Å². The zero-order valence-electron chi connectivity index (χ0n) is 36.8. The molecule has 0 saturated carbocycles. The van der Waals surface area contributed by atoms with Crippen LogP contribution in [0, 0.1) is 0 Å². The predicted octanol–water partition coefficient (Wildman–Crippen LogP) is 14.3. The summed E-state index contributed by atoms with van der Waals surface area (Å²) in [7, 11) is 0. The number of unbranched alkanes of at least 4 members (excludes halogenated alkanes) is 31. The highest BCUT2D eigenvalue weighted by molar-refractivity contribution is 5.76. The fourth-order valence-electron chi connectivity index (χ4n) is 7.43. The van der Waals surface area contributed by atoms with E-state index in [9.17, 15) is 20.1 Å². The number of aliphatic hydroxyl groups is 3. The van der Waals surface area contributed by atoms with Crippen LogP contribution in [-0.4, -0.2) is 46.1 Å². The van der Waals surface area contributed by atoms with E-state index in [2.05, 4.69) is 43.5 Å². The van der Waals surface area contributed by atoms with Gasteiger partial charge in [-0.1, -0.05) is 237 Å². The third-order valence-corrected chi connectivity index (χ3v) is 11.2. The van der Waals surface area contributed by atoms with Gasteiger partial charge in [0, 0.05) is 0 Å². The Kier molecular flexibility index (Phi) is 44.1. The molecule has 0 aliphatic rings. The van der Waals surface area contributed by atoms with Crippen LogP contribution in [0.15, 0.2) is 36.5 Å². The Morgan fingerprint density at radius 1 is 0.455 bits per heavy atom. The van der Waals surface area contributed by atoms with Crippen molar-refractivity contribution in [1.82, 2.24) is 5.32 Å². The van der Waals surface area contributed by atoms with Crippen molar-refractivity contribution in [3.63, 3.8) is 0 Å². The SMILES string of the molecule is CCCCCCCCC/C=C/CC/C=C/CC/C=C/C(O)C(CO)NC(=O)CC(O)CCCCCCCCCCCCCCCCCCCCCCCCC. The topological polar surface area (TPSA) is 89.8 Å². The van der Waals surface area contributed by atoms with Crippen molar-refractivity contribution in [3.05, 3.63) is 36.5 Å². The molecule has 3 atom stereocenters. The van der Waals surface area contributed by atoms with Gasteiger partial charge in [0.1, 0.15) is 0 Å². The molecule has 0 saturated heterocycles. The van der Waals surface area contributed by atoms with E-state index in [4.69, 9.17) is 0 Å². The second-order valence-electron chi connectivity index (χ2n) is 16.7. The van der Waals surface area contributed by atoms with Gasteiger partial charge in [0.05, 0.1) is 31.3 Å². The first-order valence-corrected chi connectivity index (χ1v) is 24.3. The summed E-state index contributed by atoms with van der Waals surface area (Å²) in [5, 5.41) is 33.3. The van der Waals surface area contributed by atoms with Crippen molar-refractivity contribution >= 4 is 5.91 Å². The van der Waals surface area contributed by atoms with Gasteiger partial charge in [0.2, 0.25) is 5.91 Å². The second kappa shape index (κ2) is 45.3. The number of hydrogen-bond donors (Lipinski definition) is 4. The van der Waals surface area contributed by atoms with Crippen LogP contribution in [0.5, 0.6) is 0 Å². The normalized spacial score (nSPS) is 13.8. The van der Waals surface area contributed by atoms with E-state index in [1.807, 2.05) is 6.08 Å². The fourth-order valence-corrected chi connectivity index (χ4v) is 7.43. The first kappa shape index (κ1) is 53.6. The number of carbonyl (C=O) groups excluding carboxylic acids is 1. The molecule has 324 valence electrons. The Morgan fingerprint density at radius 3 is 1.16 bits per heavy atom. The monoisotopic (exact) mass is 774 g/mol. The van der Waals surface area contributed by atoms with Crippen molar-refractivity contribution in [3.8, 4) is 0 Å². The van der Waals surface area contributed by atoms with Crippen molar-refractivity contribution in [2.24, 2.45) is 0 Å². The van der Waals surface area contributed by atoms with E-state index < -0.39 is 18.2 Å². The first-order valence-electron chi connectivity index (χ1n) is 24.3. The molecule has 0 rings (SSSR count). The number of aliphatic hydroxyl groups excluding tert-OH is 3. The standard InChI is InChI=1S/C50H95NO4/c1-3-5-7-9-11-13-15-17-19-21-22-23-24-25-26-28-29-31-33-35-37-39-41-43-47(53)45-50(55)51-48(46-52)49(54)44-42-40-38-36-34-32-30-27-20-18-16-14-12-10-8-6-4-2/h20,27,34,36,42,44,47-49,52-54H,3-19,21-26,28-33,35,37-41,43,45-46H2,1-2H3,(H,51,55)/b27-20+,36-34+,44-42+. The van der Waals surface area contributed by atoms with Crippen LogP contribution in [0.2, 0.25) is 0 Å². The summed E-state index contributed by atoms with van der Waals surface area (Å²) in [4.78, 5) is 12.5. The minimum Gasteiger partial charge on any atom is -0.394 e. The van der Waals surface area contributed by atoms with Crippen molar-refractivity contribution in [2.45, 2.75) is 270 Å². The van der Waals surface area contributed by atoms with E-state index >= 15 is 0 Å². The van der Waals surface area contributed by atoms with Gasteiger partial charge in [-0.3, -0.25) is 4.79 Å². The van der Waals surface area contributed by atoms with Gasteiger partial charge >= 0.3 is 0 Å². The van der Waals surface area contributed by atoms with Crippen LogP contribution in [0.1, 0.15) is 251 Å². The van der Waals surface area contributed by atoms with E-state index in [0.717, 1.165) is 38.5 Å². The fraction of sp³-hybridized carbons (Fsp3) is 0.860. The summed E-state index contributed by atoms with van der Waals surface area (Å²) in [5.41, 5.74) is 0. The van der Waals surface area contributed by atoms with Crippen LogP contribution in [0.25, 0.3) is 0 Å². The van der Waals surface area contributed by atoms with E-state index in [0.29, 0.717) is 6.42 Å². The summed E-state index contributed by atoms with van der Waals surface area (Å²) in [6.07, 6.45) is 57.3. The molecule has 0 fully saturated rings. The number of nitrogens with one attached hydrogen (secondary N) is 1. The van der Waals surface area contributed by atoms with Gasteiger partial charge in [0.15, 0.2) is 0 Å². The summed E-state index contributed by atoms with van der Waals surface area (Å²) in [6.45, 7) is 4.21. The first-order chi connectivity index (χ1) is 27.0. The van der Waals surface area contributed by atoms with Gasteiger partial charge in [-0.05, 0) is 44.9 Å². The van der Waals surface area contributed by atoms with E-state index in [1.165, 1.54) is 186 Å². The molecule has 3 unspecified atom stereocenters. The second-order valence-corrected chi connectivity index (χ2v) is 16.7. The molecule has 1 amide bonds. The van der Waals surface area contributed by atoms with Crippen LogP contribution in [0.3, 0.4) is 0 Å². The summed E-state index contributed by atoms with van der Waals surface area (Å²) in [6, 6.07) is -0.765. The van der Waals surface area contributed by atoms with Crippen LogP contribution >= 0.6 is 0 Å². The Hall–Kier alpha value is -1.43. The maximum atomic E-state index is 12.5. The molecule has 0 bridgehead atoms. The molecule has 0 radical (unpaired) electrons. The number of hydrogen-bond acceptors (Lipinski definition) is 4. The third kappa shape index (κ3) is 42.0. The Balaban J connectivity index is 3.64. The largest absolute Gasteiger partial charge is 0.394 e. The lowest BCUT2D eigenvalue weighted by Crippen LogP contribution is -2.45. The van der Waals surface area contributed by atoms with Gasteiger partial charge in [-0.25, -0.2) is 0 Å². The molecular formula is C50H95NO4. The van der Waals surface area contributed by atoms with Crippen molar-refractivity contribution in [2.75, 3.05) is 6.61 Å². The molecule has 0 aromatic heterocycles. The maximum absolute atomic E-state index is 12.5. The highest BCUT2D eigenvalue weighted by Crippen LogP contribution is 2.16. The maximum Gasteiger partial charge on any atom is 0.222 e. The molecule has 5 heteroatoms. The third-order valence-electron chi connectivity index (χ3n) is 11.2. The molecule has 4 N–H and O–H groups in total. The predicted molar refractivity (Wildman–Crippen MR) is 241 cm³/mol. The van der Waals surface area contributed by atoms with Crippen LogP contribution in [0.4, 0.5) is 0 Å². The average Bonchev–Trinajstić information content (AvgIpc) is 3.18. The smallest absolute Gasteiger partial charge is 0.222 e. The molecule has 55 heavy (non-hydrogen) atoms. The Bertz CT molecular complexity index is 855. The summed E-state index contributed by atoms with van der Waals surface area (Å²) < 4.78 is 0. The minimum absolute atomic E-state index is 0.00531. The number of carbonyl (C=O) groups is 1.